The number of hydrogen-bond acceptors (Lipinski definition) is 5. The van der Waals surface area contributed by atoms with Crippen molar-refractivity contribution in [3.05, 3.63) is 64.5 Å². The van der Waals surface area contributed by atoms with Crippen LogP contribution in [0.15, 0.2) is 36.7 Å². The van der Waals surface area contributed by atoms with Gasteiger partial charge in [0.15, 0.2) is 16.7 Å². The van der Waals surface area contributed by atoms with Gasteiger partial charge < -0.3 is 14.6 Å². The Hall–Kier alpha value is -3.14. The van der Waals surface area contributed by atoms with Gasteiger partial charge in [-0.1, -0.05) is 35.9 Å². The molecule has 2 heterocycles. The molecule has 0 aliphatic carbocycles. The lowest BCUT2D eigenvalue weighted by Crippen LogP contribution is -2.12. The van der Waals surface area contributed by atoms with Crippen LogP contribution in [0, 0.1) is 5.82 Å². The fraction of sp³-hybridized carbons (Fsp3) is 0.250. The molecule has 0 spiro atoms. The van der Waals surface area contributed by atoms with E-state index < -0.39 is 28.8 Å². The summed E-state index contributed by atoms with van der Waals surface area (Å²) in [6.45, 7) is 1.83. The molecule has 0 aliphatic heterocycles. The number of aryl methyl sites for hydroxylation is 1. The van der Waals surface area contributed by atoms with Gasteiger partial charge in [-0.05, 0) is 12.5 Å². The van der Waals surface area contributed by atoms with Gasteiger partial charge in [0.25, 0.3) is 0 Å². The van der Waals surface area contributed by atoms with Crippen molar-refractivity contribution in [2.45, 2.75) is 19.6 Å². The second-order valence-corrected chi connectivity index (χ2v) is 6.84. The minimum Gasteiger partial charge on any atom is -0.462 e. The Labute approximate surface area is 179 Å². The second-order valence-electron chi connectivity index (χ2n) is 6.48. The van der Waals surface area contributed by atoms with Crippen molar-refractivity contribution in [3.8, 4) is 11.4 Å². The van der Waals surface area contributed by atoms with Crippen LogP contribution in [0.4, 0.5) is 23.2 Å². The molecule has 1 N–H and O–H groups in total. The van der Waals surface area contributed by atoms with Crippen molar-refractivity contribution in [2.75, 3.05) is 11.9 Å². The van der Waals surface area contributed by atoms with E-state index in [0.717, 1.165) is 12.4 Å². The molecule has 31 heavy (non-hydrogen) atoms. The maximum absolute atomic E-state index is 14.4. The molecule has 3 aromatic rings. The number of imidazole rings is 1. The average Bonchev–Trinajstić information content (AvgIpc) is 3.12. The predicted octanol–water partition coefficient (Wildman–Crippen LogP) is 5.08. The molecular weight excluding hydrogens is 440 g/mol. The van der Waals surface area contributed by atoms with Crippen LogP contribution < -0.4 is 5.32 Å². The van der Waals surface area contributed by atoms with E-state index >= 15 is 0 Å². The largest absolute Gasteiger partial charge is 0.462 e. The summed E-state index contributed by atoms with van der Waals surface area (Å²) >= 11 is 5.72. The Morgan fingerprint density at radius 1 is 1.26 bits per heavy atom. The topological polar surface area (TPSA) is 69.0 Å². The highest BCUT2D eigenvalue weighted by Gasteiger charge is 2.34. The third-order valence-corrected chi connectivity index (χ3v) is 4.58. The molecule has 0 fully saturated rings. The number of nitrogens with one attached hydrogen (secondary N) is 1. The predicted molar refractivity (Wildman–Crippen MR) is 106 cm³/mol. The van der Waals surface area contributed by atoms with Crippen molar-refractivity contribution in [2.24, 2.45) is 7.05 Å². The van der Waals surface area contributed by atoms with E-state index in [1.807, 2.05) is 0 Å². The number of pyridine rings is 1. The first-order chi connectivity index (χ1) is 14.6. The van der Waals surface area contributed by atoms with Gasteiger partial charge in [-0.15, -0.1) is 0 Å². The van der Waals surface area contributed by atoms with Gasteiger partial charge in [0.2, 0.25) is 0 Å². The van der Waals surface area contributed by atoms with Gasteiger partial charge in [-0.2, -0.15) is 13.2 Å². The number of benzene rings is 1. The van der Waals surface area contributed by atoms with Crippen molar-refractivity contribution >= 4 is 23.3 Å². The highest BCUT2D eigenvalue weighted by atomic mass is 35.5. The number of carbonyl (C=O) groups excluding carboxylic acids is 1. The van der Waals surface area contributed by atoms with Gasteiger partial charge in [0.1, 0.15) is 11.4 Å². The van der Waals surface area contributed by atoms with E-state index in [0.29, 0.717) is 11.1 Å². The van der Waals surface area contributed by atoms with Crippen molar-refractivity contribution in [3.63, 3.8) is 0 Å². The van der Waals surface area contributed by atoms with Gasteiger partial charge in [-0.25, -0.2) is 19.2 Å². The number of anilines is 1. The summed E-state index contributed by atoms with van der Waals surface area (Å²) in [5.41, 5.74) is -0.0787. The van der Waals surface area contributed by atoms with E-state index in [1.165, 1.54) is 11.6 Å². The normalized spacial score (nSPS) is 11.5. The maximum Gasteiger partial charge on any atom is 0.434 e. The summed E-state index contributed by atoms with van der Waals surface area (Å²) in [5, 5.41) is 2.40. The molecule has 0 radical (unpaired) electrons. The fourth-order valence-electron chi connectivity index (χ4n) is 2.83. The van der Waals surface area contributed by atoms with Crippen LogP contribution in [0.25, 0.3) is 11.4 Å². The molecule has 0 bridgehead atoms. The van der Waals surface area contributed by atoms with Crippen LogP contribution in [-0.4, -0.2) is 27.1 Å². The number of nitrogens with zero attached hydrogens (tertiary/aromatic N) is 3. The minimum absolute atomic E-state index is 0.104. The molecule has 11 heteroatoms. The van der Waals surface area contributed by atoms with E-state index in [4.69, 9.17) is 16.3 Å². The first kappa shape index (κ1) is 22.5. The summed E-state index contributed by atoms with van der Waals surface area (Å²) < 4.78 is 59.2. The van der Waals surface area contributed by atoms with Crippen LogP contribution in [0.2, 0.25) is 5.15 Å². The van der Waals surface area contributed by atoms with Crippen LogP contribution in [-0.2, 0) is 24.5 Å². The number of halogens is 5. The first-order valence-electron chi connectivity index (χ1n) is 9.06. The highest BCUT2D eigenvalue weighted by Crippen LogP contribution is 2.31. The van der Waals surface area contributed by atoms with Gasteiger partial charge in [-0.3, -0.25) is 0 Å². The molecule has 3 rings (SSSR count). The molecule has 0 saturated carbocycles. The van der Waals surface area contributed by atoms with Crippen LogP contribution in [0.5, 0.6) is 0 Å². The Bertz CT molecular complexity index is 1100. The molecule has 6 nitrogen and oxygen atoms in total. The standard InChI is InChI=1S/C20H17ClF4N4O2/c1-3-31-19(30)13-9-27-17(21)15(22)16(13)26-8-11-4-6-12(7-5-11)18-28-14(10-29(18)2)20(23,24)25/h4-7,9-10H,3,8H2,1-2H3,(H,26,27). The Morgan fingerprint density at radius 3 is 2.52 bits per heavy atom. The lowest BCUT2D eigenvalue weighted by Gasteiger charge is -2.13. The van der Waals surface area contributed by atoms with Crippen molar-refractivity contribution in [1.29, 1.82) is 0 Å². The molecule has 164 valence electrons. The second kappa shape index (κ2) is 8.93. The fourth-order valence-corrected chi connectivity index (χ4v) is 2.98. The quantitative estimate of drug-likeness (QED) is 0.318. The molecule has 1 aromatic carbocycles. The molecule has 0 unspecified atom stereocenters. The number of hydrogen-bond donors (Lipinski definition) is 1. The maximum atomic E-state index is 14.4. The van der Waals surface area contributed by atoms with Crippen LogP contribution in [0.3, 0.4) is 0 Å². The zero-order chi connectivity index (χ0) is 22.8. The van der Waals surface area contributed by atoms with E-state index in [9.17, 15) is 22.4 Å². The molecule has 0 saturated heterocycles. The van der Waals surface area contributed by atoms with Crippen LogP contribution >= 0.6 is 11.6 Å². The summed E-state index contributed by atoms with van der Waals surface area (Å²) in [7, 11) is 1.47. The number of carbonyl (C=O) groups is 1. The van der Waals surface area contributed by atoms with Crippen molar-refractivity contribution < 1.29 is 27.1 Å². The third-order valence-electron chi connectivity index (χ3n) is 4.32. The lowest BCUT2D eigenvalue weighted by molar-refractivity contribution is -0.140. The van der Waals surface area contributed by atoms with E-state index in [2.05, 4.69) is 15.3 Å². The average molecular weight is 457 g/mol. The molecule has 0 atom stereocenters. The minimum atomic E-state index is -4.54. The zero-order valence-corrected chi connectivity index (χ0v) is 17.2. The molecule has 0 amide bonds. The van der Waals surface area contributed by atoms with Crippen molar-refractivity contribution in [1.82, 2.24) is 14.5 Å². The van der Waals surface area contributed by atoms with Gasteiger partial charge >= 0.3 is 12.1 Å². The number of rotatable bonds is 6. The molecule has 2 aromatic heterocycles. The van der Waals surface area contributed by atoms with Crippen LogP contribution in [0.1, 0.15) is 28.5 Å². The summed E-state index contributed by atoms with van der Waals surface area (Å²) in [6.07, 6.45) is -2.50. The molecule has 0 aliphatic rings. The van der Waals surface area contributed by atoms with Gasteiger partial charge in [0, 0.05) is 31.5 Å². The van der Waals surface area contributed by atoms with E-state index in [1.54, 1.807) is 31.2 Å². The highest BCUT2D eigenvalue weighted by molar-refractivity contribution is 6.30. The number of alkyl halides is 3. The summed E-state index contributed by atoms with van der Waals surface area (Å²) in [6, 6.07) is 6.49. The van der Waals surface area contributed by atoms with E-state index in [-0.39, 0.29) is 30.2 Å². The molecular formula is C20H17ClF4N4O2. The SMILES string of the molecule is CCOC(=O)c1cnc(Cl)c(F)c1NCc1ccc(-c2nc(C(F)(F)F)cn2C)cc1. The third kappa shape index (κ3) is 4.96. The number of ether oxygens (including phenoxy) is 1. The van der Waals surface area contributed by atoms with Gasteiger partial charge in [0.05, 0.1) is 12.3 Å². The summed E-state index contributed by atoms with van der Waals surface area (Å²) in [4.78, 5) is 19.3. The lowest BCUT2D eigenvalue weighted by atomic mass is 10.1. The summed E-state index contributed by atoms with van der Waals surface area (Å²) in [5.74, 6) is -1.49. The smallest absolute Gasteiger partial charge is 0.434 e. The number of esters is 1. The number of aromatic nitrogens is 3. The Morgan fingerprint density at radius 2 is 1.94 bits per heavy atom. The monoisotopic (exact) mass is 456 g/mol. The zero-order valence-electron chi connectivity index (χ0n) is 16.4. The first-order valence-corrected chi connectivity index (χ1v) is 9.44. The Balaban J connectivity index is 1.80. The Kier molecular flexibility index (Phi) is 6.49.